The van der Waals surface area contributed by atoms with Crippen molar-refractivity contribution in [1.29, 1.82) is 0 Å². The van der Waals surface area contributed by atoms with E-state index in [9.17, 15) is 14.4 Å². The van der Waals surface area contributed by atoms with Gasteiger partial charge in [-0.2, -0.15) is 0 Å². The van der Waals surface area contributed by atoms with E-state index in [1.807, 2.05) is 0 Å². The summed E-state index contributed by atoms with van der Waals surface area (Å²) in [5.41, 5.74) is 0.961. The molecule has 8 heteroatoms. The number of ether oxygens (including phenoxy) is 1. The largest absolute Gasteiger partial charge is 0.497 e. The highest BCUT2D eigenvalue weighted by Crippen LogP contribution is 2.15. The number of anilines is 1. The van der Waals surface area contributed by atoms with Crippen LogP contribution in [0.1, 0.15) is 16.8 Å². The molecular formula is C20H22ClN3O4. The number of methoxy groups -OCH3 is 1. The lowest BCUT2D eigenvalue weighted by atomic mass is 10.2. The van der Waals surface area contributed by atoms with Crippen molar-refractivity contribution in [2.45, 2.75) is 6.42 Å². The third kappa shape index (κ3) is 6.28. The van der Waals surface area contributed by atoms with Crippen molar-refractivity contribution in [3.8, 4) is 5.75 Å². The summed E-state index contributed by atoms with van der Waals surface area (Å²) in [7, 11) is 3.09. The maximum atomic E-state index is 12.2. The van der Waals surface area contributed by atoms with Crippen molar-refractivity contribution in [1.82, 2.24) is 10.2 Å². The average molecular weight is 404 g/mol. The van der Waals surface area contributed by atoms with Crippen LogP contribution in [0.3, 0.4) is 0 Å². The Balaban J connectivity index is 1.75. The van der Waals surface area contributed by atoms with Crippen LogP contribution >= 0.6 is 11.6 Å². The summed E-state index contributed by atoms with van der Waals surface area (Å²) in [5.74, 6) is -0.243. The molecule has 7 nitrogen and oxygen atoms in total. The van der Waals surface area contributed by atoms with E-state index in [0.717, 1.165) is 0 Å². The molecule has 0 saturated carbocycles. The van der Waals surface area contributed by atoms with E-state index in [1.54, 1.807) is 55.6 Å². The summed E-state index contributed by atoms with van der Waals surface area (Å²) in [5, 5.41) is 5.70. The molecule has 2 N–H and O–H groups in total. The molecule has 3 amide bonds. The lowest BCUT2D eigenvalue weighted by Crippen LogP contribution is -2.37. The topological polar surface area (TPSA) is 87.7 Å². The van der Waals surface area contributed by atoms with Gasteiger partial charge in [-0.3, -0.25) is 14.4 Å². The summed E-state index contributed by atoms with van der Waals surface area (Å²) < 4.78 is 5.06. The molecule has 0 aliphatic rings. The monoisotopic (exact) mass is 403 g/mol. The van der Waals surface area contributed by atoms with E-state index in [2.05, 4.69) is 10.6 Å². The molecule has 0 spiro atoms. The molecule has 0 aliphatic carbocycles. The summed E-state index contributed by atoms with van der Waals surface area (Å²) in [6, 6.07) is 13.5. The Morgan fingerprint density at radius 2 is 1.75 bits per heavy atom. The first-order chi connectivity index (χ1) is 13.4. The number of carbonyl (C=O) groups excluding carboxylic acids is 3. The molecule has 148 valence electrons. The van der Waals surface area contributed by atoms with Gasteiger partial charge in [0.05, 0.1) is 24.2 Å². The van der Waals surface area contributed by atoms with Gasteiger partial charge in [-0.1, -0.05) is 23.7 Å². The van der Waals surface area contributed by atoms with Gasteiger partial charge < -0.3 is 20.3 Å². The SMILES string of the molecule is COc1ccc(NC(=O)CN(C)C(=O)CCNC(=O)c2ccccc2Cl)cc1. The highest BCUT2D eigenvalue weighted by molar-refractivity contribution is 6.33. The van der Waals surface area contributed by atoms with Crippen molar-refractivity contribution in [2.75, 3.05) is 32.6 Å². The van der Waals surface area contributed by atoms with E-state index in [1.165, 1.54) is 11.9 Å². The number of nitrogens with one attached hydrogen (secondary N) is 2. The van der Waals surface area contributed by atoms with E-state index < -0.39 is 0 Å². The Labute approximate surface area is 168 Å². The number of benzene rings is 2. The molecule has 0 aromatic heterocycles. The molecule has 28 heavy (non-hydrogen) atoms. The summed E-state index contributed by atoms with van der Waals surface area (Å²) in [6.45, 7) is 0.0522. The van der Waals surface area contributed by atoms with E-state index >= 15 is 0 Å². The van der Waals surface area contributed by atoms with Crippen molar-refractivity contribution < 1.29 is 19.1 Å². The quantitative estimate of drug-likeness (QED) is 0.709. The summed E-state index contributed by atoms with van der Waals surface area (Å²) in [6.07, 6.45) is 0.0719. The van der Waals surface area contributed by atoms with Gasteiger partial charge in [-0.05, 0) is 36.4 Å². The van der Waals surface area contributed by atoms with Gasteiger partial charge in [0.1, 0.15) is 5.75 Å². The second kappa shape index (κ2) is 10.3. The number of carbonyl (C=O) groups is 3. The van der Waals surface area contributed by atoms with Crippen LogP contribution in [0.5, 0.6) is 5.75 Å². The van der Waals surface area contributed by atoms with Crippen LogP contribution in [-0.2, 0) is 9.59 Å². The average Bonchev–Trinajstić information content (AvgIpc) is 2.68. The Kier molecular flexibility index (Phi) is 7.83. The van der Waals surface area contributed by atoms with Crippen LogP contribution in [0, 0.1) is 0 Å². The molecule has 2 aromatic carbocycles. The molecule has 0 atom stereocenters. The molecule has 0 heterocycles. The minimum atomic E-state index is -0.349. The van der Waals surface area contributed by atoms with E-state index in [4.69, 9.17) is 16.3 Å². The summed E-state index contributed by atoms with van der Waals surface area (Å²) in [4.78, 5) is 37.6. The van der Waals surface area contributed by atoms with Gasteiger partial charge in [0.25, 0.3) is 5.91 Å². The van der Waals surface area contributed by atoms with Crippen LogP contribution in [0.25, 0.3) is 0 Å². The smallest absolute Gasteiger partial charge is 0.252 e. The van der Waals surface area contributed by atoms with Gasteiger partial charge >= 0.3 is 0 Å². The number of likely N-dealkylation sites (N-methyl/N-ethyl adjacent to an activating group) is 1. The Bertz CT molecular complexity index is 840. The number of rotatable bonds is 8. The highest BCUT2D eigenvalue weighted by atomic mass is 35.5. The Hall–Kier alpha value is -3.06. The predicted molar refractivity (Wildman–Crippen MR) is 108 cm³/mol. The molecule has 0 saturated heterocycles. The van der Waals surface area contributed by atoms with Gasteiger partial charge in [0.15, 0.2) is 0 Å². The zero-order valence-electron chi connectivity index (χ0n) is 15.7. The van der Waals surface area contributed by atoms with Crippen LogP contribution in [0.15, 0.2) is 48.5 Å². The maximum Gasteiger partial charge on any atom is 0.252 e. The minimum absolute atomic E-state index is 0.0719. The van der Waals surface area contributed by atoms with E-state index in [-0.39, 0.29) is 37.2 Å². The number of halogens is 1. The van der Waals surface area contributed by atoms with E-state index in [0.29, 0.717) is 22.0 Å². The standard InChI is InChI=1S/C20H22ClN3O4/c1-24(13-18(25)23-14-7-9-15(28-2)10-8-14)19(26)11-12-22-20(27)16-5-3-4-6-17(16)21/h3-10H,11-13H2,1-2H3,(H,22,27)(H,23,25). The maximum absolute atomic E-state index is 12.2. The molecule has 0 unspecified atom stereocenters. The van der Waals surface area contributed by atoms with Gasteiger partial charge in [-0.15, -0.1) is 0 Å². The van der Waals surface area contributed by atoms with Crippen molar-refractivity contribution in [3.63, 3.8) is 0 Å². The molecule has 0 fully saturated rings. The molecular weight excluding hydrogens is 382 g/mol. The third-order valence-corrected chi connectivity index (χ3v) is 4.25. The first-order valence-electron chi connectivity index (χ1n) is 8.61. The Morgan fingerprint density at radius 3 is 2.39 bits per heavy atom. The number of hydrogen-bond acceptors (Lipinski definition) is 4. The predicted octanol–water partition coefficient (Wildman–Crippen LogP) is 2.57. The lowest BCUT2D eigenvalue weighted by molar-refractivity contribution is -0.133. The highest BCUT2D eigenvalue weighted by Gasteiger charge is 2.14. The number of nitrogens with zero attached hydrogens (tertiary/aromatic N) is 1. The second-order valence-electron chi connectivity index (χ2n) is 6.01. The molecule has 2 rings (SSSR count). The van der Waals surface area contributed by atoms with Crippen LogP contribution in [-0.4, -0.2) is 49.9 Å². The van der Waals surface area contributed by atoms with Crippen molar-refractivity contribution >= 4 is 35.0 Å². The fraction of sp³-hybridized carbons (Fsp3) is 0.250. The zero-order valence-corrected chi connectivity index (χ0v) is 16.5. The second-order valence-corrected chi connectivity index (χ2v) is 6.42. The zero-order chi connectivity index (χ0) is 20.5. The van der Waals surface area contributed by atoms with Gasteiger partial charge in [0.2, 0.25) is 11.8 Å². The van der Waals surface area contributed by atoms with Crippen molar-refractivity contribution in [3.05, 3.63) is 59.1 Å². The summed E-state index contributed by atoms with van der Waals surface area (Å²) >= 11 is 5.96. The fourth-order valence-corrected chi connectivity index (χ4v) is 2.61. The number of hydrogen-bond donors (Lipinski definition) is 2. The number of amides is 3. The minimum Gasteiger partial charge on any atom is -0.497 e. The van der Waals surface area contributed by atoms with Crippen LogP contribution in [0.4, 0.5) is 5.69 Å². The normalized spacial score (nSPS) is 10.1. The van der Waals surface area contributed by atoms with Crippen molar-refractivity contribution in [2.24, 2.45) is 0 Å². The third-order valence-electron chi connectivity index (χ3n) is 3.92. The molecule has 0 bridgehead atoms. The first kappa shape index (κ1) is 21.2. The molecule has 0 aliphatic heterocycles. The van der Waals surface area contributed by atoms with Crippen LogP contribution < -0.4 is 15.4 Å². The van der Waals surface area contributed by atoms with Crippen LogP contribution in [0.2, 0.25) is 5.02 Å². The Morgan fingerprint density at radius 1 is 1.07 bits per heavy atom. The lowest BCUT2D eigenvalue weighted by Gasteiger charge is -2.17. The molecule has 2 aromatic rings. The first-order valence-corrected chi connectivity index (χ1v) is 8.99. The molecule has 0 radical (unpaired) electrons. The fourth-order valence-electron chi connectivity index (χ4n) is 2.39. The van der Waals surface area contributed by atoms with Gasteiger partial charge in [0, 0.05) is 25.7 Å². The van der Waals surface area contributed by atoms with Gasteiger partial charge in [-0.25, -0.2) is 0 Å².